The first-order valence-electron chi connectivity index (χ1n) is 6.36. The zero-order valence-corrected chi connectivity index (χ0v) is 11.0. The van der Waals surface area contributed by atoms with Gasteiger partial charge in [-0.05, 0) is 30.4 Å². The van der Waals surface area contributed by atoms with Crippen LogP contribution in [0.2, 0.25) is 0 Å². The van der Waals surface area contributed by atoms with Crippen LogP contribution in [0.4, 0.5) is 14.5 Å². The number of carboxylic acid groups (broad SMARTS) is 1. The number of carboxylic acids is 1. The van der Waals surface area contributed by atoms with E-state index < -0.39 is 23.2 Å². The summed E-state index contributed by atoms with van der Waals surface area (Å²) in [6, 6.07) is 2.48. The van der Waals surface area contributed by atoms with Gasteiger partial charge in [0.25, 0.3) is 0 Å². The summed E-state index contributed by atoms with van der Waals surface area (Å²) in [5.74, 6) is -2.99. The third-order valence-corrected chi connectivity index (χ3v) is 3.50. The van der Waals surface area contributed by atoms with E-state index in [-0.39, 0.29) is 5.69 Å². The molecule has 104 valence electrons. The molecule has 0 aromatic heterocycles. The van der Waals surface area contributed by atoms with E-state index in [1.54, 1.807) is 4.90 Å². The molecule has 1 N–H and O–H groups in total. The fraction of sp³-hybridized carbons (Fsp3) is 0.500. The smallest absolute Gasteiger partial charge is 0.338 e. The van der Waals surface area contributed by atoms with Gasteiger partial charge in [-0.2, -0.15) is 0 Å². The minimum atomic E-state index is -1.46. The summed E-state index contributed by atoms with van der Waals surface area (Å²) in [5.41, 5.74) is -0.472. The predicted molar refractivity (Wildman–Crippen MR) is 68.5 cm³/mol. The number of halogens is 2. The average molecular weight is 269 g/mol. The van der Waals surface area contributed by atoms with E-state index >= 15 is 0 Å². The fourth-order valence-electron chi connectivity index (χ4n) is 2.81. The molecule has 2 unspecified atom stereocenters. The normalized spacial score (nSPS) is 23.5. The lowest BCUT2D eigenvalue weighted by Crippen LogP contribution is -2.39. The van der Waals surface area contributed by atoms with E-state index in [1.807, 2.05) is 0 Å². The second-order valence-corrected chi connectivity index (χ2v) is 5.42. The van der Waals surface area contributed by atoms with Crippen LogP contribution in [0, 0.1) is 23.5 Å². The molecule has 1 aromatic rings. The Morgan fingerprint density at radius 3 is 2.32 bits per heavy atom. The molecule has 3 nitrogen and oxygen atoms in total. The lowest BCUT2D eigenvalue weighted by molar-refractivity contribution is 0.0690. The Bertz CT molecular complexity index is 494. The molecule has 1 heterocycles. The lowest BCUT2D eigenvalue weighted by Gasteiger charge is -2.36. The monoisotopic (exact) mass is 269 g/mol. The zero-order valence-electron chi connectivity index (χ0n) is 11.0. The standard InChI is InChI=1S/C14H17F2NO2/c1-8-5-9(2)7-17(6-8)11-4-3-10(14(18)19)12(15)13(11)16/h3-4,8-9H,5-7H2,1-2H3,(H,18,19). The Balaban J connectivity index is 2.35. The lowest BCUT2D eigenvalue weighted by atomic mass is 9.91. The Hall–Kier alpha value is -1.65. The molecular weight excluding hydrogens is 252 g/mol. The number of piperidine rings is 1. The van der Waals surface area contributed by atoms with Crippen molar-refractivity contribution in [3.8, 4) is 0 Å². The number of carbonyl (C=O) groups is 1. The number of nitrogens with zero attached hydrogens (tertiary/aromatic N) is 1. The zero-order chi connectivity index (χ0) is 14.2. The van der Waals surface area contributed by atoms with Crippen LogP contribution in [-0.2, 0) is 0 Å². The molecule has 1 aliphatic heterocycles. The number of hydrogen-bond acceptors (Lipinski definition) is 2. The molecular formula is C14H17F2NO2. The van der Waals surface area contributed by atoms with Gasteiger partial charge in [-0.3, -0.25) is 0 Å². The van der Waals surface area contributed by atoms with Crippen LogP contribution in [0.25, 0.3) is 0 Å². The molecule has 1 fully saturated rings. The van der Waals surface area contributed by atoms with Gasteiger partial charge in [-0.15, -0.1) is 0 Å². The highest BCUT2D eigenvalue weighted by Crippen LogP contribution is 2.30. The highest BCUT2D eigenvalue weighted by atomic mass is 19.2. The molecule has 1 aliphatic rings. The summed E-state index contributed by atoms with van der Waals surface area (Å²) >= 11 is 0. The van der Waals surface area contributed by atoms with E-state index in [1.165, 1.54) is 6.07 Å². The molecule has 0 aliphatic carbocycles. The van der Waals surface area contributed by atoms with Crippen LogP contribution < -0.4 is 4.90 Å². The highest BCUT2D eigenvalue weighted by molar-refractivity contribution is 5.88. The van der Waals surface area contributed by atoms with Crippen molar-refractivity contribution in [2.24, 2.45) is 11.8 Å². The minimum Gasteiger partial charge on any atom is -0.478 e. The quantitative estimate of drug-likeness (QED) is 0.896. The SMILES string of the molecule is CC1CC(C)CN(c2ccc(C(=O)O)c(F)c2F)C1. The van der Waals surface area contributed by atoms with Crippen molar-refractivity contribution in [3.05, 3.63) is 29.3 Å². The number of benzene rings is 1. The van der Waals surface area contributed by atoms with Gasteiger partial charge in [-0.25, -0.2) is 13.6 Å². The first kappa shape index (κ1) is 13.8. The molecule has 0 bridgehead atoms. The number of hydrogen-bond donors (Lipinski definition) is 1. The van der Waals surface area contributed by atoms with Crippen LogP contribution >= 0.6 is 0 Å². The van der Waals surface area contributed by atoms with Crippen LogP contribution in [0.1, 0.15) is 30.6 Å². The van der Waals surface area contributed by atoms with E-state index in [9.17, 15) is 13.6 Å². The first-order chi connectivity index (χ1) is 8.90. The maximum atomic E-state index is 14.0. The average Bonchev–Trinajstić information content (AvgIpc) is 2.30. The van der Waals surface area contributed by atoms with Crippen molar-refractivity contribution in [2.45, 2.75) is 20.3 Å². The van der Waals surface area contributed by atoms with Gasteiger partial charge in [-0.1, -0.05) is 13.8 Å². The van der Waals surface area contributed by atoms with Crippen molar-refractivity contribution >= 4 is 11.7 Å². The maximum absolute atomic E-state index is 14.0. The summed E-state index contributed by atoms with van der Waals surface area (Å²) in [7, 11) is 0. The van der Waals surface area contributed by atoms with Crippen LogP contribution in [0.3, 0.4) is 0 Å². The van der Waals surface area contributed by atoms with Gasteiger partial charge < -0.3 is 10.0 Å². The van der Waals surface area contributed by atoms with Crippen molar-refractivity contribution in [2.75, 3.05) is 18.0 Å². The molecule has 1 saturated heterocycles. The van der Waals surface area contributed by atoms with Gasteiger partial charge in [0.2, 0.25) is 0 Å². The van der Waals surface area contributed by atoms with E-state index in [0.717, 1.165) is 12.5 Å². The highest BCUT2D eigenvalue weighted by Gasteiger charge is 2.26. The second kappa shape index (κ2) is 5.15. The molecule has 1 aromatic carbocycles. The number of aromatic carboxylic acids is 1. The molecule has 0 amide bonds. The molecule has 0 radical (unpaired) electrons. The molecule has 0 saturated carbocycles. The predicted octanol–water partition coefficient (Wildman–Crippen LogP) is 3.15. The van der Waals surface area contributed by atoms with Crippen molar-refractivity contribution in [1.82, 2.24) is 0 Å². The summed E-state index contributed by atoms with van der Waals surface area (Å²) in [6.07, 6.45) is 1.06. The summed E-state index contributed by atoms with van der Waals surface area (Å²) < 4.78 is 27.7. The van der Waals surface area contributed by atoms with Crippen LogP contribution in [-0.4, -0.2) is 24.2 Å². The molecule has 2 atom stereocenters. The van der Waals surface area contributed by atoms with E-state index in [0.29, 0.717) is 24.9 Å². The summed E-state index contributed by atoms with van der Waals surface area (Å²) in [4.78, 5) is 12.5. The molecule has 2 rings (SSSR count). The largest absolute Gasteiger partial charge is 0.478 e. The van der Waals surface area contributed by atoms with Gasteiger partial charge in [0.05, 0.1) is 11.3 Å². The van der Waals surface area contributed by atoms with Crippen LogP contribution in [0.5, 0.6) is 0 Å². The summed E-state index contributed by atoms with van der Waals surface area (Å²) in [6.45, 7) is 5.46. The Kier molecular flexibility index (Phi) is 3.73. The third kappa shape index (κ3) is 2.69. The molecule has 19 heavy (non-hydrogen) atoms. The van der Waals surface area contributed by atoms with Crippen molar-refractivity contribution < 1.29 is 18.7 Å². The Morgan fingerprint density at radius 2 is 1.79 bits per heavy atom. The van der Waals surface area contributed by atoms with Gasteiger partial charge in [0.1, 0.15) is 0 Å². The Morgan fingerprint density at radius 1 is 1.21 bits per heavy atom. The number of anilines is 1. The number of rotatable bonds is 2. The molecule has 5 heteroatoms. The van der Waals surface area contributed by atoms with Crippen LogP contribution in [0.15, 0.2) is 12.1 Å². The van der Waals surface area contributed by atoms with Gasteiger partial charge in [0, 0.05) is 13.1 Å². The maximum Gasteiger partial charge on any atom is 0.338 e. The fourth-order valence-corrected chi connectivity index (χ4v) is 2.81. The summed E-state index contributed by atoms with van der Waals surface area (Å²) in [5, 5.41) is 8.76. The van der Waals surface area contributed by atoms with Crippen molar-refractivity contribution in [1.29, 1.82) is 0 Å². The third-order valence-electron chi connectivity index (χ3n) is 3.50. The van der Waals surface area contributed by atoms with E-state index in [2.05, 4.69) is 13.8 Å². The van der Waals surface area contributed by atoms with Gasteiger partial charge >= 0.3 is 5.97 Å². The van der Waals surface area contributed by atoms with Crippen molar-refractivity contribution in [3.63, 3.8) is 0 Å². The van der Waals surface area contributed by atoms with E-state index in [4.69, 9.17) is 5.11 Å². The Labute approximate surface area is 110 Å². The topological polar surface area (TPSA) is 40.5 Å². The van der Waals surface area contributed by atoms with Gasteiger partial charge in [0.15, 0.2) is 11.6 Å². The molecule has 0 spiro atoms. The minimum absolute atomic E-state index is 0.154. The second-order valence-electron chi connectivity index (χ2n) is 5.42. The first-order valence-corrected chi connectivity index (χ1v) is 6.36.